The van der Waals surface area contributed by atoms with Crippen LogP contribution in [0.2, 0.25) is 0 Å². The highest BCUT2D eigenvalue weighted by molar-refractivity contribution is 5.28. The van der Waals surface area contributed by atoms with Crippen LogP contribution in [0.4, 0.5) is 22.0 Å². The molecule has 1 aromatic carbocycles. The van der Waals surface area contributed by atoms with E-state index in [9.17, 15) is 22.0 Å². The summed E-state index contributed by atoms with van der Waals surface area (Å²) in [4.78, 5) is 0. The van der Waals surface area contributed by atoms with E-state index in [-0.39, 0.29) is 31.5 Å². The van der Waals surface area contributed by atoms with Crippen molar-refractivity contribution in [2.45, 2.75) is 69.9 Å². The van der Waals surface area contributed by atoms with Gasteiger partial charge in [0.05, 0.1) is 12.6 Å². The van der Waals surface area contributed by atoms with E-state index in [1.807, 2.05) is 6.07 Å². The summed E-state index contributed by atoms with van der Waals surface area (Å²) in [5.74, 6) is -0.173. The van der Waals surface area contributed by atoms with E-state index in [4.69, 9.17) is 5.73 Å². The van der Waals surface area contributed by atoms with Crippen LogP contribution in [0.15, 0.2) is 24.3 Å². The molecule has 1 aliphatic carbocycles. The standard InChI is InChI=1S/C19H26F5N2/c1-13(14-6-8-17(25)9-7-14)26(19(23,24)18(20,21)22)11-10-15-4-2-3-5-16(15)12-26/h2-5,13-14,17H,6-12,25H2,1H3/q+1. The molecule has 146 valence electrons. The van der Waals surface area contributed by atoms with Crippen molar-refractivity contribution < 1.29 is 26.4 Å². The predicted molar refractivity (Wildman–Crippen MR) is 89.4 cm³/mol. The number of quaternary nitrogens is 1. The van der Waals surface area contributed by atoms with Crippen LogP contribution in [0.5, 0.6) is 0 Å². The summed E-state index contributed by atoms with van der Waals surface area (Å²) in [6, 6.07) is 1.46. The Morgan fingerprint density at radius 3 is 2.15 bits per heavy atom. The van der Waals surface area contributed by atoms with E-state index in [1.54, 1.807) is 25.1 Å². The van der Waals surface area contributed by atoms with Crippen molar-refractivity contribution in [1.82, 2.24) is 0 Å². The Labute approximate surface area is 150 Å². The SMILES string of the molecule is CC(C1CCC(N)CC1)[N+]1(C(F)(F)C(F)(F)F)CCc2ccccc2C1. The van der Waals surface area contributed by atoms with Gasteiger partial charge in [-0.25, -0.2) is 4.48 Å². The molecule has 0 bridgehead atoms. The lowest BCUT2D eigenvalue weighted by molar-refractivity contribution is -1.05. The lowest BCUT2D eigenvalue weighted by Gasteiger charge is -2.52. The van der Waals surface area contributed by atoms with Gasteiger partial charge in [0.2, 0.25) is 0 Å². The Bertz CT molecular complexity index is 637. The fraction of sp³-hybridized carbons (Fsp3) is 0.684. The molecule has 1 aliphatic heterocycles. The zero-order chi connectivity index (χ0) is 19.2. The maximum absolute atomic E-state index is 14.9. The fourth-order valence-corrected chi connectivity index (χ4v) is 4.79. The van der Waals surface area contributed by atoms with Crippen LogP contribution in [0.1, 0.15) is 43.7 Å². The van der Waals surface area contributed by atoms with Gasteiger partial charge in [-0.2, -0.15) is 13.2 Å². The summed E-state index contributed by atoms with van der Waals surface area (Å²) < 4.78 is 68.8. The quantitative estimate of drug-likeness (QED) is 0.464. The second-order valence-corrected chi connectivity index (χ2v) is 7.89. The van der Waals surface area contributed by atoms with Crippen LogP contribution in [-0.4, -0.2) is 35.3 Å². The third kappa shape index (κ3) is 3.13. The average Bonchev–Trinajstić information content (AvgIpc) is 2.60. The molecule has 26 heavy (non-hydrogen) atoms. The molecule has 1 aromatic rings. The van der Waals surface area contributed by atoms with Gasteiger partial charge in [-0.1, -0.05) is 24.3 Å². The predicted octanol–water partition coefficient (Wildman–Crippen LogP) is 4.62. The van der Waals surface area contributed by atoms with Crippen molar-refractivity contribution >= 4 is 0 Å². The van der Waals surface area contributed by atoms with E-state index >= 15 is 0 Å². The van der Waals surface area contributed by atoms with E-state index in [2.05, 4.69) is 0 Å². The molecule has 0 spiro atoms. The number of rotatable bonds is 3. The van der Waals surface area contributed by atoms with E-state index in [1.165, 1.54) is 0 Å². The van der Waals surface area contributed by atoms with Crippen LogP contribution in [-0.2, 0) is 13.0 Å². The van der Waals surface area contributed by atoms with Gasteiger partial charge in [0.1, 0.15) is 6.54 Å². The number of halogens is 5. The summed E-state index contributed by atoms with van der Waals surface area (Å²) in [5, 5.41) is 0. The Morgan fingerprint density at radius 2 is 1.58 bits per heavy atom. The van der Waals surface area contributed by atoms with Gasteiger partial charge in [-0.3, -0.25) is 0 Å². The van der Waals surface area contributed by atoms with Crippen molar-refractivity contribution in [3.05, 3.63) is 35.4 Å². The average molecular weight is 377 g/mol. The minimum absolute atomic E-state index is 0.0251. The molecule has 3 rings (SSSR count). The number of alkyl halides is 5. The summed E-state index contributed by atoms with van der Waals surface area (Å²) in [5.41, 5.74) is 7.36. The summed E-state index contributed by atoms with van der Waals surface area (Å²) in [7, 11) is 0. The molecular formula is C19H26F5N2+. The van der Waals surface area contributed by atoms with Crippen LogP contribution in [0.25, 0.3) is 0 Å². The molecule has 2 N–H and O–H groups in total. The number of benzene rings is 1. The van der Waals surface area contributed by atoms with Gasteiger partial charge in [0.15, 0.2) is 0 Å². The van der Waals surface area contributed by atoms with Crippen LogP contribution >= 0.6 is 0 Å². The molecule has 1 saturated carbocycles. The molecule has 0 aromatic heterocycles. The lowest BCUT2D eigenvalue weighted by atomic mass is 9.79. The van der Waals surface area contributed by atoms with Crippen LogP contribution in [0, 0.1) is 5.92 Å². The van der Waals surface area contributed by atoms with E-state index < -0.39 is 22.7 Å². The molecule has 2 atom stereocenters. The minimum atomic E-state index is -5.57. The van der Waals surface area contributed by atoms with Gasteiger partial charge in [-0.05, 0) is 38.2 Å². The second-order valence-electron chi connectivity index (χ2n) is 7.89. The van der Waals surface area contributed by atoms with Crippen molar-refractivity contribution in [3.63, 3.8) is 0 Å². The molecule has 2 unspecified atom stereocenters. The topological polar surface area (TPSA) is 26.0 Å². The number of fused-ring (bicyclic) bond motifs is 1. The molecule has 0 radical (unpaired) electrons. The maximum Gasteiger partial charge on any atom is 0.515 e. The maximum atomic E-state index is 14.9. The van der Waals surface area contributed by atoms with Gasteiger partial charge in [0, 0.05) is 23.9 Å². The first-order valence-electron chi connectivity index (χ1n) is 9.22. The number of hydrogen-bond donors (Lipinski definition) is 1. The third-order valence-corrected chi connectivity index (χ3v) is 6.53. The number of hydrogen-bond acceptors (Lipinski definition) is 1. The second kappa shape index (κ2) is 6.75. The zero-order valence-electron chi connectivity index (χ0n) is 14.9. The summed E-state index contributed by atoms with van der Waals surface area (Å²) in [6.45, 7) is 1.09. The molecule has 1 heterocycles. The van der Waals surface area contributed by atoms with E-state index in [0.29, 0.717) is 31.2 Å². The first-order valence-corrected chi connectivity index (χ1v) is 9.22. The summed E-state index contributed by atoms with van der Waals surface area (Å²) in [6.07, 6.45) is -2.75. The third-order valence-electron chi connectivity index (χ3n) is 6.53. The Morgan fingerprint density at radius 1 is 1.00 bits per heavy atom. The first-order chi connectivity index (χ1) is 12.1. The molecule has 0 saturated heterocycles. The number of nitrogens with zero attached hydrogens (tertiary/aromatic N) is 1. The molecule has 1 fully saturated rings. The largest absolute Gasteiger partial charge is 0.515 e. The highest BCUT2D eigenvalue weighted by atomic mass is 19.4. The van der Waals surface area contributed by atoms with E-state index in [0.717, 1.165) is 5.56 Å². The lowest BCUT2D eigenvalue weighted by Crippen LogP contribution is -2.72. The Kier molecular flexibility index (Phi) is 5.07. The fourth-order valence-electron chi connectivity index (χ4n) is 4.79. The molecule has 2 nitrogen and oxygen atoms in total. The Hall–Kier alpha value is -1.21. The molecular weight excluding hydrogens is 351 g/mol. The normalized spacial score (nSPS) is 31.3. The highest BCUT2D eigenvalue weighted by Gasteiger charge is 2.74. The van der Waals surface area contributed by atoms with Crippen molar-refractivity contribution in [2.24, 2.45) is 11.7 Å². The monoisotopic (exact) mass is 377 g/mol. The summed E-state index contributed by atoms with van der Waals surface area (Å²) >= 11 is 0. The van der Waals surface area contributed by atoms with Gasteiger partial charge in [0.25, 0.3) is 0 Å². The zero-order valence-corrected chi connectivity index (χ0v) is 14.9. The Balaban J connectivity index is 2.01. The van der Waals surface area contributed by atoms with Gasteiger partial charge in [-0.15, -0.1) is 8.78 Å². The van der Waals surface area contributed by atoms with Gasteiger partial charge < -0.3 is 5.73 Å². The van der Waals surface area contributed by atoms with Gasteiger partial charge >= 0.3 is 12.2 Å². The van der Waals surface area contributed by atoms with Crippen LogP contribution in [0.3, 0.4) is 0 Å². The van der Waals surface area contributed by atoms with Crippen molar-refractivity contribution in [2.75, 3.05) is 6.54 Å². The first kappa shape index (κ1) is 19.5. The minimum Gasteiger partial charge on any atom is -0.328 e. The molecule has 2 aliphatic rings. The smallest absolute Gasteiger partial charge is 0.328 e. The van der Waals surface area contributed by atoms with Crippen molar-refractivity contribution in [3.8, 4) is 0 Å². The van der Waals surface area contributed by atoms with Crippen molar-refractivity contribution in [1.29, 1.82) is 0 Å². The number of nitrogens with two attached hydrogens (primary N) is 1. The molecule has 7 heteroatoms. The van der Waals surface area contributed by atoms with Crippen LogP contribution < -0.4 is 5.73 Å². The molecule has 0 amide bonds. The highest BCUT2D eigenvalue weighted by Crippen LogP contribution is 2.50.